The van der Waals surface area contributed by atoms with E-state index in [0.717, 1.165) is 49.6 Å². The lowest BCUT2D eigenvalue weighted by Crippen LogP contribution is -2.42. The first-order valence-corrected chi connectivity index (χ1v) is 13.7. The number of hydrogen-bond donors (Lipinski definition) is 1. The summed E-state index contributed by atoms with van der Waals surface area (Å²) in [5, 5.41) is 3.02. The van der Waals surface area contributed by atoms with Gasteiger partial charge in [0.1, 0.15) is 17.3 Å². The van der Waals surface area contributed by atoms with Crippen molar-refractivity contribution in [2.75, 3.05) is 48.1 Å². The number of nitrogens with one attached hydrogen (secondary N) is 1. The Bertz CT molecular complexity index is 1330. The number of carbonyl (C=O) groups excluding carboxylic acids is 1. The summed E-state index contributed by atoms with van der Waals surface area (Å²) in [6.07, 6.45) is 5.05. The molecule has 0 spiro atoms. The van der Waals surface area contributed by atoms with Crippen LogP contribution in [0.4, 0.5) is 31.9 Å². The Hall–Kier alpha value is -3.31. The molecule has 0 atom stereocenters. The number of piperidine rings is 1. The highest BCUT2D eigenvalue weighted by molar-refractivity contribution is 8.00. The maximum absolute atomic E-state index is 15.1. The second-order valence-electron chi connectivity index (χ2n) is 10.1. The van der Waals surface area contributed by atoms with E-state index in [2.05, 4.69) is 44.2 Å². The Kier molecular flexibility index (Phi) is 7.49. The van der Waals surface area contributed by atoms with Crippen molar-refractivity contribution in [1.82, 2.24) is 19.9 Å². The SMILES string of the molecule is CC(C)N1C(=O)CSc2c(F)cc(-c3nc(Nc4ccc(N5CCC(N(C)C)CC5)cn4)ncc3F)cc21. The third kappa shape index (κ3) is 5.30. The van der Waals surface area contributed by atoms with Crippen molar-refractivity contribution in [2.24, 2.45) is 0 Å². The first kappa shape index (κ1) is 26.3. The summed E-state index contributed by atoms with van der Waals surface area (Å²) in [4.78, 5) is 31.9. The van der Waals surface area contributed by atoms with Crippen molar-refractivity contribution in [2.45, 2.75) is 43.7 Å². The van der Waals surface area contributed by atoms with Crippen LogP contribution in [0.1, 0.15) is 26.7 Å². The van der Waals surface area contributed by atoms with Gasteiger partial charge in [-0.3, -0.25) is 4.79 Å². The standard InChI is InChI=1S/C27H31F2N7OS/c1-16(2)36-22-12-17(11-20(28)26(22)38-15-24(36)37)25-21(29)14-31-27(33-25)32-23-6-5-19(13-30-23)35-9-7-18(8-10-35)34(3)4/h5-6,11-14,16,18H,7-10,15H2,1-4H3,(H,30,31,32,33). The zero-order chi connectivity index (χ0) is 27.0. The van der Waals surface area contributed by atoms with Crippen molar-refractivity contribution in [3.63, 3.8) is 0 Å². The highest BCUT2D eigenvalue weighted by Crippen LogP contribution is 2.41. The van der Waals surface area contributed by atoms with Crippen LogP contribution in [0.3, 0.4) is 0 Å². The molecule has 2 aliphatic heterocycles. The van der Waals surface area contributed by atoms with Crippen LogP contribution < -0.4 is 15.1 Å². The van der Waals surface area contributed by atoms with Gasteiger partial charge in [-0.1, -0.05) is 0 Å². The normalized spacial score (nSPS) is 16.4. The van der Waals surface area contributed by atoms with Crippen molar-refractivity contribution >= 4 is 40.8 Å². The van der Waals surface area contributed by atoms with Crippen LogP contribution in [0, 0.1) is 11.6 Å². The first-order valence-electron chi connectivity index (χ1n) is 12.7. The fourth-order valence-electron chi connectivity index (χ4n) is 4.97. The van der Waals surface area contributed by atoms with Gasteiger partial charge in [0, 0.05) is 30.7 Å². The van der Waals surface area contributed by atoms with Gasteiger partial charge in [0.15, 0.2) is 5.82 Å². The zero-order valence-electron chi connectivity index (χ0n) is 21.9. The second-order valence-corrected chi connectivity index (χ2v) is 11.0. The lowest BCUT2D eigenvalue weighted by molar-refractivity contribution is -0.116. The molecule has 1 amide bonds. The minimum Gasteiger partial charge on any atom is -0.370 e. The minimum atomic E-state index is -0.690. The number of amides is 1. The fraction of sp³-hybridized carbons (Fsp3) is 0.407. The van der Waals surface area contributed by atoms with Gasteiger partial charge in [-0.05, 0) is 65.0 Å². The number of benzene rings is 1. The number of carbonyl (C=O) groups is 1. The molecule has 0 radical (unpaired) electrons. The maximum Gasteiger partial charge on any atom is 0.237 e. The third-order valence-corrected chi connectivity index (χ3v) is 8.06. The molecule has 1 saturated heterocycles. The summed E-state index contributed by atoms with van der Waals surface area (Å²) in [6.45, 7) is 5.66. The summed E-state index contributed by atoms with van der Waals surface area (Å²) in [6, 6.07) is 7.12. The molecule has 3 aromatic rings. The van der Waals surface area contributed by atoms with E-state index in [1.807, 2.05) is 26.0 Å². The van der Waals surface area contributed by atoms with E-state index in [-0.39, 0.29) is 34.9 Å². The molecule has 11 heteroatoms. The van der Waals surface area contributed by atoms with E-state index >= 15 is 4.39 Å². The molecule has 0 aliphatic carbocycles. The Morgan fingerprint density at radius 2 is 1.84 bits per heavy atom. The van der Waals surface area contributed by atoms with Gasteiger partial charge in [0.2, 0.25) is 11.9 Å². The quantitative estimate of drug-likeness (QED) is 0.472. The fourth-order valence-corrected chi connectivity index (χ4v) is 5.88. The number of pyridine rings is 1. The van der Waals surface area contributed by atoms with E-state index in [9.17, 15) is 9.18 Å². The molecule has 0 bridgehead atoms. The number of thioether (sulfide) groups is 1. The minimum absolute atomic E-state index is 0.0590. The molecular weight excluding hydrogens is 508 g/mol. The monoisotopic (exact) mass is 539 g/mol. The van der Waals surface area contributed by atoms with Crippen LogP contribution in [0.25, 0.3) is 11.3 Å². The van der Waals surface area contributed by atoms with Gasteiger partial charge in [0.25, 0.3) is 0 Å². The zero-order valence-corrected chi connectivity index (χ0v) is 22.7. The van der Waals surface area contributed by atoms with Crippen molar-refractivity contribution in [3.8, 4) is 11.3 Å². The third-order valence-electron chi connectivity index (χ3n) is 6.97. The molecule has 38 heavy (non-hydrogen) atoms. The average molecular weight is 540 g/mol. The van der Waals surface area contributed by atoms with Crippen LogP contribution in [-0.2, 0) is 4.79 Å². The molecule has 5 rings (SSSR count). The highest BCUT2D eigenvalue weighted by atomic mass is 32.2. The molecule has 1 aromatic carbocycles. The van der Waals surface area contributed by atoms with Gasteiger partial charge >= 0.3 is 0 Å². The van der Waals surface area contributed by atoms with Crippen LogP contribution in [0.5, 0.6) is 0 Å². The molecule has 1 fully saturated rings. The van der Waals surface area contributed by atoms with Crippen molar-refractivity contribution in [3.05, 3.63) is 48.3 Å². The van der Waals surface area contributed by atoms with Crippen LogP contribution in [0.15, 0.2) is 41.6 Å². The number of hydrogen-bond acceptors (Lipinski definition) is 8. The maximum atomic E-state index is 15.1. The van der Waals surface area contributed by atoms with Gasteiger partial charge in [-0.25, -0.2) is 23.7 Å². The molecule has 2 aliphatic rings. The van der Waals surface area contributed by atoms with E-state index < -0.39 is 11.6 Å². The van der Waals surface area contributed by atoms with Gasteiger partial charge in [-0.15, -0.1) is 11.8 Å². The van der Waals surface area contributed by atoms with Crippen molar-refractivity contribution < 1.29 is 13.6 Å². The summed E-state index contributed by atoms with van der Waals surface area (Å²) in [5.74, 6) is -0.504. The topological polar surface area (TPSA) is 77.5 Å². The number of nitrogens with zero attached hydrogens (tertiary/aromatic N) is 6. The predicted molar refractivity (Wildman–Crippen MR) is 147 cm³/mol. The second kappa shape index (κ2) is 10.8. The molecule has 200 valence electrons. The highest BCUT2D eigenvalue weighted by Gasteiger charge is 2.30. The number of anilines is 4. The van der Waals surface area contributed by atoms with Gasteiger partial charge in [0.05, 0.1) is 34.4 Å². The number of fused-ring (bicyclic) bond motifs is 1. The molecule has 4 heterocycles. The van der Waals surface area contributed by atoms with E-state index in [4.69, 9.17) is 0 Å². The molecule has 2 aromatic heterocycles. The summed E-state index contributed by atoms with van der Waals surface area (Å²) >= 11 is 1.15. The number of rotatable bonds is 6. The van der Waals surface area contributed by atoms with Crippen LogP contribution in [-0.4, -0.2) is 70.8 Å². The van der Waals surface area contributed by atoms with Crippen molar-refractivity contribution in [1.29, 1.82) is 0 Å². The number of halogens is 2. The van der Waals surface area contributed by atoms with Gasteiger partial charge in [-0.2, -0.15) is 0 Å². The predicted octanol–water partition coefficient (Wildman–Crippen LogP) is 4.94. The van der Waals surface area contributed by atoms with E-state index in [1.165, 1.54) is 6.07 Å². The molecule has 8 nitrogen and oxygen atoms in total. The molecule has 0 unspecified atom stereocenters. The Balaban J connectivity index is 1.36. The molecular formula is C27H31F2N7OS. The average Bonchev–Trinajstić information content (AvgIpc) is 2.89. The largest absolute Gasteiger partial charge is 0.370 e. The lowest BCUT2D eigenvalue weighted by atomic mass is 10.0. The Morgan fingerprint density at radius 3 is 2.50 bits per heavy atom. The first-order chi connectivity index (χ1) is 18.2. The Morgan fingerprint density at radius 1 is 1.08 bits per heavy atom. The van der Waals surface area contributed by atoms with Crippen LogP contribution in [0.2, 0.25) is 0 Å². The molecule has 1 N–H and O–H groups in total. The summed E-state index contributed by atoms with van der Waals surface area (Å²) < 4.78 is 29.9. The van der Waals surface area contributed by atoms with Gasteiger partial charge < -0.3 is 20.0 Å². The summed E-state index contributed by atoms with van der Waals surface area (Å²) in [7, 11) is 4.24. The molecule has 0 saturated carbocycles. The smallest absolute Gasteiger partial charge is 0.237 e. The number of aromatic nitrogens is 3. The van der Waals surface area contributed by atoms with E-state index in [1.54, 1.807) is 17.2 Å². The summed E-state index contributed by atoms with van der Waals surface area (Å²) in [5.41, 5.74) is 1.64. The van der Waals surface area contributed by atoms with E-state index in [0.29, 0.717) is 22.4 Å². The Labute approximate surface area is 225 Å². The lowest BCUT2D eigenvalue weighted by Gasteiger charge is -2.36. The van der Waals surface area contributed by atoms with Crippen LogP contribution >= 0.6 is 11.8 Å².